The van der Waals surface area contributed by atoms with E-state index in [1.165, 1.54) is 0 Å². The van der Waals surface area contributed by atoms with Gasteiger partial charge in [0.25, 0.3) is 5.91 Å². The fourth-order valence-corrected chi connectivity index (χ4v) is 2.76. The van der Waals surface area contributed by atoms with Crippen molar-refractivity contribution < 1.29 is 14.3 Å². The lowest BCUT2D eigenvalue weighted by Gasteiger charge is -2.14. The van der Waals surface area contributed by atoms with E-state index in [2.05, 4.69) is 40.6 Å². The predicted molar refractivity (Wildman–Crippen MR) is 105 cm³/mol. The summed E-state index contributed by atoms with van der Waals surface area (Å²) in [4.78, 5) is 23.7. The summed E-state index contributed by atoms with van der Waals surface area (Å²) in [6.45, 7) is 3.95. The van der Waals surface area contributed by atoms with Crippen LogP contribution in [0.15, 0.2) is 53.0 Å². The van der Waals surface area contributed by atoms with E-state index in [0.29, 0.717) is 18.6 Å². The van der Waals surface area contributed by atoms with Gasteiger partial charge in [-0.25, -0.2) is 0 Å². The summed E-state index contributed by atoms with van der Waals surface area (Å²) < 4.78 is 6.55. The van der Waals surface area contributed by atoms with Gasteiger partial charge in [0, 0.05) is 10.9 Å². The number of carbonyl (C=O) groups excluding carboxylic acids is 2. The van der Waals surface area contributed by atoms with Gasteiger partial charge < -0.3 is 4.74 Å². The van der Waals surface area contributed by atoms with Crippen molar-refractivity contribution in [2.75, 3.05) is 6.61 Å². The van der Waals surface area contributed by atoms with Crippen molar-refractivity contribution in [3.8, 4) is 5.75 Å². The van der Waals surface area contributed by atoms with Crippen molar-refractivity contribution >= 4 is 27.7 Å². The van der Waals surface area contributed by atoms with Gasteiger partial charge in [-0.15, -0.1) is 0 Å². The lowest BCUT2D eigenvalue weighted by Crippen LogP contribution is -2.43. The molecule has 0 spiro atoms. The van der Waals surface area contributed by atoms with Crippen molar-refractivity contribution in [3.05, 3.63) is 64.1 Å². The Labute approximate surface area is 162 Å². The first-order valence-corrected chi connectivity index (χ1v) is 9.29. The quantitative estimate of drug-likeness (QED) is 0.673. The number of nitrogens with one attached hydrogen (secondary N) is 2. The minimum absolute atomic E-state index is 0.166. The zero-order valence-electron chi connectivity index (χ0n) is 14.9. The topological polar surface area (TPSA) is 67.4 Å². The highest BCUT2D eigenvalue weighted by Gasteiger charge is 2.11. The summed E-state index contributed by atoms with van der Waals surface area (Å²) in [7, 11) is 0. The minimum Gasteiger partial charge on any atom is -0.483 e. The summed E-state index contributed by atoms with van der Waals surface area (Å²) in [5.41, 5.74) is 6.88. The maximum absolute atomic E-state index is 11.9. The molecule has 5 nitrogen and oxygen atoms in total. The zero-order valence-corrected chi connectivity index (χ0v) is 16.5. The molecule has 2 N–H and O–H groups in total. The standard InChI is InChI=1S/C20H23BrN2O3/c1-14(2)17-12-16(21)9-10-18(17)26-13-20(25)23-22-19(24)11-8-15-6-4-3-5-7-15/h3-7,9-10,12,14H,8,11,13H2,1-2H3,(H,22,24)(H,23,25). The lowest BCUT2D eigenvalue weighted by atomic mass is 10.0. The van der Waals surface area contributed by atoms with Crippen LogP contribution in [0.25, 0.3) is 0 Å². The number of hydrogen-bond acceptors (Lipinski definition) is 3. The van der Waals surface area contributed by atoms with Gasteiger partial charge >= 0.3 is 0 Å². The Kier molecular flexibility index (Phi) is 7.66. The van der Waals surface area contributed by atoms with Crippen LogP contribution < -0.4 is 15.6 Å². The third-order valence-electron chi connectivity index (χ3n) is 3.78. The molecule has 6 heteroatoms. The van der Waals surface area contributed by atoms with Gasteiger partial charge in [0.1, 0.15) is 5.75 Å². The average molecular weight is 419 g/mol. The van der Waals surface area contributed by atoms with Crippen LogP contribution in [0, 0.1) is 0 Å². The SMILES string of the molecule is CC(C)c1cc(Br)ccc1OCC(=O)NNC(=O)CCc1ccccc1. The van der Waals surface area contributed by atoms with Crippen LogP contribution in [0.5, 0.6) is 5.75 Å². The van der Waals surface area contributed by atoms with Crippen molar-refractivity contribution in [1.29, 1.82) is 0 Å². The molecule has 0 unspecified atom stereocenters. The predicted octanol–water partition coefficient (Wildman–Crippen LogP) is 3.73. The first-order valence-electron chi connectivity index (χ1n) is 8.49. The Morgan fingerprint density at radius 3 is 2.42 bits per heavy atom. The van der Waals surface area contributed by atoms with E-state index >= 15 is 0 Å². The largest absolute Gasteiger partial charge is 0.483 e. The van der Waals surface area contributed by atoms with Crippen molar-refractivity contribution in [1.82, 2.24) is 10.9 Å². The van der Waals surface area contributed by atoms with Gasteiger partial charge in [-0.2, -0.15) is 0 Å². The molecule has 0 heterocycles. The number of halogens is 1. The molecule has 2 amide bonds. The lowest BCUT2D eigenvalue weighted by molar-refractivity contribution is -0.130. The molecule has 0 aliphatic heterocycles. The van der Waals surface area contributed by atoms with Crippen LogP contribution in [0.3, 0.4) is 0 Å². The summed E-state index contributed by atoms with van der Waals surface area (Å²) in [6.07, 6.45) is 0.922. The molecule has 0 radical (unpaired) electrons. The Hall–Kier alpha value is -2.34. The highest BCUT2D eigenvalue weighted by molar-refractivity contribution is 9.10. The van der Waals surface area contributed by atoms with E-state index in [1.807, 2.05) is 48.5 Å². The number of benzene rings is 2. The Morgan fingerprint density at radius 1 is 1.04 bits per heavy atom. The molecule has 2 rings (SSSR count). The van der Waals surface area contributed by atoms with E-state index < -0.39 is 5.91 Å². The summed E-state index contributed by atoms with van der Waals surface area (Å²) >= 11 is 3.43. The molecule has 0 aliphatic carbocycles. The first kappa shape index (κ1) is 20.0. The molecular formula is C20H23BrN2O3. The molecular weight excluding hydrogens is 396 g/mol. The van der Waals surface area contributed by atoms with Gasteiger partial charge in [0.15, 0.2) is 6.61 Å². The van der Waals surface area contributed by atoms with Crippen LogP contribution in [0.1, 0.15) is 37.3 Å². The second kappa shape index (κ2) is 9.97. The average Bonchev–Trinajstić information content (AvgIpc) is 2.64. The zero-order chi connectivity index (χ0) is 18.9. The Bertz CT molecular complexity index is 748. The van der Waals surface area contributed by atoms with E-state index in [1.54, 1.807) is 0 Å². The van der Waals surface area contributed by atoms with Crippen molar-refractivity contribution in [2.24, 2.45) is 0 Å². The molecule has 2 aromatic rings. The van der Waals surface area contributed by atoms with Gasteiger partial charge in [-0.05, 0) is 41.7 Å². The van der Waals surface area contributed by atoms with Gasteiger partial charge in [0.05, 0.1) is 0 Å². The van der Waals surface area contributed by atoms with Crippen LogP contribution in [0.4, 0.5) is 0 Å². The number of carbonyl (C=O) groups is 2. The Balaban J connectivity index is 1.74. The van der Waals surface area contributed by atoms with Crippen molar-refractivity contribution in [2.45, 2.75) is 32.6 Å². The molecule has 0 saturated carbocycles. The Morgan fingerprint density at radius 2 is 1.73 bits per heavy atom. The maximum Gasteiger partial charge on any atom is 0.276 e. The smallest absolute Gasteiger partial charge is 0.276 e. The van der Waals surface area contributed by atoms with Gasteiger partial charge in [-0.3, -0.25) is 20.4 Å². The van der Waals surface area contributed by atoms with Crippen LogP contribution in [0.2, 0.25) is 0 Å². The molecule has 0 aliphatic rings. The molecule has 138 valence electrons. The minimum atomic E-state index is -0.407. The van der Waals surface area contributed by atoms with E-state index in [4.69, 9.17) is 4.74 Å². The monoisotopic (exact) mass is 418 g/mol. The fraction of sp³-hybridized carbons (Fsp3) is 0.300. The number of hydrazine groups is 1. The fourth-order valence-electron chi connectivity index (χ4n) is 2.39. The summed E-state index contributed by atoms with van der Waals surface area (Å²) in [5.74, 6) is 0.279. The normalized spacial score (nSPS) is 10.5. The molecule has 0 saturated heterocycles. The number of hydrogen-bond donors (Lipinski definition) is 2. The summed E-state index contributed by atoms with van der Waals surface area (Å²) in [5, 5.41) is 0. The number of aryl methyl sites for hydroxylation is 1. The first-order chi connectivity index (χ1) is 12.5. The number of rotatable bonds is 7. The molecule has 0 aromatic heterocycles. The molecule has 0 bridgehead atoms. The van der Waals surface area contributed by atoms with E-state index in [0.717, 1.165) is 15.6 Å². The van der Waals surface area contributed by atoms with E-state index in [-0.39, 0.29) is 18.4 Å². The number of ether oxygens (including phenoxy) is 1. The molecule has 0 fully saturated rings. The highest BCUT2D eigenvalue weighted by Crippen LogP contribution is 2.29. The molecule has 0 atom stereocenters. The second-order valence-electron chi connectivity index (χ2n) is 6.21. The third kappa shape index (κ3) is 6.52. The summed E-state index contributed by atoms with van der Waals surface area (Å²) in [6, 6.07) is 15.4. The highest BCUT2D eigenvalue weighted by atomic mass is 79.9. The molecule has 26 heavy (non-hydrogen) atoms. The van der Waals surface area contributed by atoms with Crippen molar-refractivity contribution in [3.63, 3.8) is 0 Å². The van der Waals surface area contributed by atoms with Gasteiger partial charge in [-0.1, -0.05) is 60.1 Å². The third-order valence-corrected chi connectivity index (χ3v) is 4.27. The maximum atomic E-state index is 11.9. The van der Waals surface area contributed by atoms with Crippen LogP contribution in [-0.4, -0.2) is 18.4 Å². The number of amides is 2. The molecule has 2 aromatic carbocycles. The van der Waals surface area contributed by atoms with Crippen LogP contribution in [-0.2, 0) is 16.0 Å². The van der Waals surface area contributed by atoms with E-state index in [9.17, 15) is 9.59 Å². The second-order valence-corrected chi connectivity index (χ2v) is 7.12. The van der Waals surface area contributed by atoms with Crippen LogP contribution >= 0.6 is 15.9 Å². The van der Waals surface area contributed by atoms with Gasteiger partial charge in [0.2, 0.25) is 5.91 Å².